The lowest BCUT2D eigenvalue weighted by atomic mass is 10.3. The highest BCUT2D eigenvalue weighted by molar-refractivity contribution is 6.67. The fourth-order valence-corrected chi connectivity index (χ4v) is 0.790. The molecule has 1 rings (SSSR count). The minimum Gasteiger partial charge on any atom is -0.428 e. The van der Waals surface area contributed by atoms with E-state index in [-0.39, 0.29) is 5.56 Å². The molecule has 11 heavy (non-hydrogen) atoms. The summed E-state index contributed by atoms with van der Waals surface area (Å²) in [4.78, 5) is 21.3. The molecular formula is C7H5ClO3. The Bertz CT molecular complexity index is 340. The van der Waals surface area contributed by atoms with Crippen molar-refractivity contribution in [2.75, 3.05) is 0 Å². The van der Waals surface area contributed by atoms with Gasteiger partial charge in [0.15, 0.2) is 0 Å². The molecule has 0 N–H and O–H groups in total. The van der Waals surface area contributed by atoms with Crippen LogP contribution in [0.15, 0.2) is 21.3 Å². The van der Waals surface area contributed by atoms with Crippen molar-refractivity contribution in [2.45, 2.75) is 6.92 Å². The first-order valence-electron chi connectivity index (χ1n) is 2.92. The predicted octanol–water partition coefficient (Wildman–Crippen LogP) is 1.33. The van der Waals surface area contributed by atoms with Crippen LogP contribution in [0, 0.1) is 6.92 Å². The maximum atomic E-state index is 10.8. The second-order valence-corrected chi connectivity index (χ2v) is 2.36. The molecule has 1 aromatic heterocycles. The first kappa shape index (κ1) is 8.01. The number of halogens is 1. The van der Waals surface area contributed by atoms with Crippen molar-refractivity contribution in [3.63, 3.8) is 0 Å². The number of carbonyl (C=O) groups is 1. The summed E-state index contributed by atoms with van der Waals surface area (Å²) in [5, 5.41) is -0.793. The van der Waals surface area contributed by atoms with E-state index < -0.39 is 10.9 Å². The minimum atomic E-state index is -0.793. The van der Waals surface area contributed by atoms with Crippen LogP contribution in [0.25, 0.3) is 0 Å². The summed E-state index contributed by atoms with van der Waals surface area (Å²) < 4.78 is 4.61. The van der Waals surface area contributed by atoms with Crippen LogP contribution in [0.4, 0.5) is 0 Å². The minimum absolute atomic E-state index is 0.128. The maximum Gasteiger partial charge on any atom is 0.348 e. The van der Waals surface area contributed by atoms with Gasteiger partial charge in [0.25, 0.3) is 5.24 Å². The molecule has 3 nitrogen and oxygen atoms in total. The third-order valence-electron chi connectivity index (χ3n) is 1.17. The molecule has 0 atom stereocenters. The monoisotopic (exact) mass is 172 g/mol. The summed E-state index contributed by atoms with van der Waals surface area (Å²) in [7, 11) is 0. The molecular weight excluding hydrogens is 168 g/mol. The highest BCUT2D eigenvalue weighted by atomic mass is 35.5. The van der Waals surface area contributed by atoms with Gasteiger partial charge >= 0.3 is 5.63 Å². The summed E-state index contributed by atoms with van der Waals surface area (Å²) in [5.74, 6) is 0.455. The van der Waals surface area contributed by atoms with Gasteiger partial charge in [-0.1, -0.05) is 0 Å². The first-order chi connectivity index (χ1) is 5.11. The molecule has 1 heterocycles. The standard InChI is InChI=1S/C7H5ClO3/c1-4-2-3-5(6(8)9)7(10)11-4/h2-3H,1H3. The molecule has 0 saturated carbocycles. The summed E-state index contributed by atoms with van der Waals surface area (Å²) in [6, 6.07) is 2.85. The summed E-state index contributed by atoms with van der Waals surface area (Å²) in [6.45, 7) is 1.61. The van der Waals surface area contributed by atoms with Crippen molar-refractivity contribution in [3.8, 4) is 0 Å². The maximum absolute atomic E-state index is 10.8. The predicted molar refractivity (Wildman–Crippen MR) is 39.9 cm³/mol. The van der Waals surface area contributed by atoms with Gasteiger partial charge < -0.3 is 4.42 Å². The van der Waals surface area contributed by atoms with Crippen LogP contribution in [0.5, 0.6) is 0 Å². The Morgan fingerprint density at radius 3 is 2.64 bits per heavy atom. The molecule has 58 valence electrons. The van der Waals surface area contributed by atoms with Crippen LogP contribution < -0.4 is 5.63 Å². The van der Waals surface area contributed by atoms with E-state index in [2.05, 4.69) is 4.42 Å². The fraction of sp³-hybridized carbons (Fsp3) is 0.143. The SMILES string of the molecule is Cc1ccc(C(=O)Cl)c(=O)o1. The zero-order chi connectivity index (χ0) is 8.43. The summed E-state index contributed by atoms with van der Waals surface area (Å²) >= 11 is 5.06. The van der Waals surface area contributed by atoms with E-state index in [4.69, 9.17) is 11.6 Å². The number of rotatable bonds is 1. The molecule has 0 bridgehead atoms. The van der Waals surface area contributed by atoms with Crippen molar-refractivity contribution in [1.82, 2.24) is 0 Å². The van der Waals surface area contributed by atoms with Crippen molar-refractivity contribution in [2.24, 2.45) is 0 Å². The smallest absolute Gasteiger partial charge is 0.348 e. The van der Waals surface area contributed by atoms with Crippen LogP contribution in [-0.2, 0) is 0 Å². The van der Waals surface area contributed by atoms with Crippen molar-refractivity contribution < 1.29 is 9.21 Å². The number of hydrogen-bond donors (Lipinski definition) is 0. The normalized spacial score (nSPS) is 9.64. The molecule has 0 aliphatic carbocycles. The largest absolute Gasteiger partial charge is 0.428 e. The molecule has 0 amide bonds. The topological polar surface area (TPSA) is 47.3 Å². The molecule has 4 heteroatoms. The number of carbonyl (C=O) groups excluding carboxylic acids is 1. The zero-order valence-electron chi connectivity index (χ0n) is 5.76. The van der Waals surface area contributed by atoms with Gasteiger partial charge in [0.1, 0.15) is 11.3 Å². The van der Waals surface area contributed by atoms with E-state index in [9.17, 15) is 9.59 Å². The quantitative estimate of drug-likeness (QED) is 0.601. The van der Waals surface area contributed by atoms with E-state index in [1.165, 1.54) is 12.1 Å². The lowest BCUT2D eigenvalue weighted by Crippen LogP contribution is -2.09. The third kappa shape index (κ3) is 1.68. The number of aryl methyl sites for hydroxylation is 1. The van der Waals surface area contributed by atoms with Crippen molar-refractivity contribution in [1.29, 1.82) is 0 Å². The van der Waals surface area contributed by atoms with E-state index in [0.717, 1.165) is 0 Å². The average molecular weight is 173 g/mol. The van der Waals surface area contributed by atoms with Gasteiger partial charge in [-0.05, 0) is 30.7 Å². The second-order valence-electron chi connectivity index (χ2n) is 2.02. The summed E-state index contributed by atoms with van der Waals surface area (Å²) in [5.41, 5.74) is -0.817. The van der Waals surface area contributed by atoms with Crippen LogP contribution >= 0.6 is 11.6 Å². The Labute approximate surface area is 67.6 Å². The molecule has 0 spiro atoms. The van der Waals surface area contributed by atoms with Gasteiger partial charge in [-0.3, -0.25) is 4.79 Å². The van der Waals surface area contributed by atoms with Gasteiger partial charge in [-0.25, -0.2) is 4.79 Å². The molecule has 0 fully saturated rings. The van der Waals surface area contributed by atoms with Crippen molar-refractivity contribution >= 4 is 16.8 Å². The Hall–Kier alpha value is -1.09. The third-order valence-corrected chi connectivity index (χ3v) is 1.37. The summed E-state index contributed by atoms with van der Waals surface area (Å²) in [6.07, 6.45) is 0. The van der Waals surface area contributed by atoms with Crippen LogP contribution in [0.2, 0.25) is 0 Å². The molecule has 0 aliphatic heterocycles. The van der Waals surface area contributed by atoms with Gasteiger partial charge in [-0.2, -0.15) is 0 Å². The molecule has 0 unspecified atom stereocenters. The number of hydrogen-bond acceptors (Lipinski definition) is 3. The Balaban J connectivity index is 3.32. The molecule has 0 radical (unpaired) electrons. The zero-order valence-corrected chi connectivity index (χ0v) is 6.51. The average Bonchev–Trinajstić information content (AvgIpc) is 1.85. The lowest BCUT2D eigenvalue weighted by molar-refractivity contribution is 0.107. The molecule has 0 saturated heterocycles. The van der Waals surface area contributed by atoms with E-state index >= 15 is 0 Å². The van der Waals surface area contributed by atoms with Gasteiger partial charge in [0.05, 0.1) is 0 Å². The van der Waals surface area contributed by atoms with E-state index in [0.29, 0.717) is 5.76 Å². The second kappa shape index (κ2) is 2.88. The Morgan fingerprint density at radius 1 is 1.55 bits per heavy atom. The van der Waals surface area contributed by atoms with Gasteiger partial charge in [-0.15, -0.1) is 0 Å². The highest BCUT2D eigenvalue weighted by Gasteiger charge is 2.07. The van der Waals surface area contributed by atoms with Gasteiger partial charge in [0, 0.05) is 0 Å². The van der Waals surface area contributed by atoms with Crippen LogP contribution in [-0.4, -0.2) is 5.24 Å². The molecule has 0 aromatic carbocycles. The Morgan fingerprint density at radius 2 is 2.18 bits per heavy atom. The van der Waals surface area contributed by atoms with Crippen molar-refractivity contribution in [3.05, 3.63) is 33.9 Å². The van der Waals surface area contributed by atoms with Crippen LogP contribution in [0.3, 0.4) is 0 Å². The highest BCUT2D eigenvalue weighted by Crippen LogP contribution is 1.99. The van der Waals surface area contributed by atoms with E-state index in [1.54, 1.807) is 6.92 Å². The Kier molecular flexibility index (Phi) is 2.10. The van der Waals surface area contributed by atoms with Gasteiger partial charge in [0.2, 0.25) is 0 Å². The van der Waals surface area contributed by atoms with E-state index in [1.807, 2.05) is 0 Å². The molecule has 0 aliphatic rings. The van der Waals surface area contributed by atoms with Crippen LogP contribution in [0.1, 0.15) is 16.1 Å². The fourth-order valence-electron chi connectivity index (χ4n) is 0.650. The first-order valence-corrected chi connectivity index (χ1v) is 3.29. The lowest BCUT2D eigenvalue weighted by Gasteiger charge is -1.91. The molecule has 1 aromatic rings.